The number of imidazole rings is 1. The van der Waals surface area contributed by atoms with Gasteiger partial charge in [-0.1, -0.05) is 12.1 Å². The number of benzene rings is 1. The first-order valence-corrected chi connectivity index (χ1v) is 6.46. The van der Waals surface area contributed by atoms with E-state index in [1.807, 2.05) is 26.0 Å². The lowest BCUT2D eigenvalue weighted by molar-refractivity contribution is 0.0690. The van der Waals surface area contributed by atoms with Gasteiger partial charge in [0, 0.05) is 11.8 Å². The number of hydrogen-bond donors (Lipinski definition) is 1. The Morgan fingerprint density at radius 3 is 2.67 bits per heavy atom. The number of carboxylic acid groups (broad SMARTS) is 1. The van der Waals surface area contributed by atoms with Gasteiger partial charge in [-0.3, -0.25) is 4.40 Å². The van der Waals surface area contributed by atoms with Crippen LogP contribution in [-0.4, -0.2) is 20.5 Å². The summed E-state index contributed by atoms with van der Waals surface area (Å²) in [5, 5.41) is 9.45. The maximum Gasteiger partial charge on any atom is 0.355 e. The zero-order valence-corrected chi connectivity index (χ0v) is 11.6. The lowest BCUT2D eigenvalue weighted by Crippen LogP contribution is -2.03. The van der Waals surface area contributed by atoms with Crippen molar-refractivity contribution in [1.29, 1.82) is 0 Å². The number of aromatic carboxylic acids is 1. The third kappa shape index (κ3) is 2.07. The first-order chi connectivity index (χ1) is 9.99. The van der Waals surface area contributed by atoms with Gasteiger partial charge in [-0.15, -0.1) is 0 Å². The second-order valence-electron chi connectivity index (χ2n) is 4.96. The van der Waals surface area contributed by atoms with Crippen LogP contribution in [-0.2, 0) is 0 Å². The fourth-order valence-electron chi connectivity index (χ4n) is 2.33. The van der Waals surface area contributed by atoms with E-state index in [0.717, 1.165) is 11.1 Å². The molecule has 0 radical (unpaired) electrons. The normalized spacial score (nSPS) is 11.0. The molecule has 4 nitrogen and oxygen atoms in total. The molecule has 0 aliphatic carbocycles. The van der Waals surface area contributed by atoms with E-state index in [9.17, 15) is 14.3 Å². The van der Waals surface area contributed by atoms with Gasteiger partial charge in [-0.2, -0.15) is 0 Å². The fourth-order valence-corrected chi connectivity index (χ4v) is 2.33. The van der Waals surface area contributed by atoms with Gasteiger partial charge in [0.15, 0.2) is 17.2 Å². The van der Waals surface area contributed by atoms with Crippen LogP contribution in [0.4, 0.5) is 4.39 Å². The molecule has 0 saturated heterocycles. The summed E-state index contributed by atoms with van der Waals surface area (Å²) in [6.45, 7) is 3.91. The van der Waals surface area contributed by atoms with Crippen molar-refractivity contribution >= 4 is 11.6 Å². The topological polar surface area (TPSA) is 54.6 Å². The summed E-state index contributed by atoms with van der Waals surface area (Å²) in [6.07, 6.45) is 1.50. The highest BCUT2D eigenvalue weighted by atomic mass is 19.1. The van der Waals surface area contributed by atoms with E-state index in [-0.39, 0.29) is 17.0 Å². The van der Waals surface area contributed by atoms with E-state index in [4.69, 9.17) is 0 Å². The highest BCUT2D eigenvalue weighted by molar-refractivity contribution is 5.94. The summed E-state index contributed by atoms with van der Waals surface area (Å²) in [4.78, 5) is 15.7. The maximum atomic E-state index is 13.8. The monoisotopic (exact) mass is 284 g/mol. The van der Waals surface area contributed by atoms with Crippen LogP contribution in [0.15, 0.2) is 36.5 Å². The van der Waals surface area contributed by atoms with Crippen molar-refractivity contribution in [2.45, 2.75) is 13.8 Å². The minimum atomic E-state index is -1.14. The third-order valence-corrected chi connectivity index (χ3v) is 3.59. The Hall–Kier alpha value is -2.69. The van der Waals surface area contributed by atoms with Gasteiger partial charge >= 0.3 is 5.97 Å². The number of fused-ring (bicyclic) bond motifs is 1. The molecule has 0 fully saturated rings. The first kappa shape index (κ1) is 13.3. The Kier molecular flexibility index (Phi) is 2.97. The van der Waals surface area contributed by atoms with Crippen LogP contribution in [0.3, 0.4) is 0 Å². The van der Waals surface area contributed by atoms with Crippen molar-refractivity contribution in [2.75, 3.05) is 0 Å². The zero-order chi connectivity index (χ0) is 15.1. The van der Waals surface area contributed by atoms with Crippen molar-refractivity contribution in [2.24, 2.45) is 0 Å². The smallest absolute Gasteiger partial charge is 0.355 e. The van der Waals surface area contributed by atoms with Gasteiger partial charge in [-0.25, -0.2) is 14.2 Å². The summed E-state index contributed by atoms with van der Waals surface area (Å²) >= 11 is 0. The minimum absolute atomic E-state index is 0.0168. The molecule has 1 N–H and O–H groups in total. The molecule has 0 aliphatic rings. The van der Waals surface area contributed by atoms with Crippen LogP contribution < -0.4 is 0 Å². The minimum Gasteiger partial charge on any atom is -0.476 e. The summed E-state index contributed by atoms with van der Waals surface area (Å²) in [7, 11) is 0. The van der Waals surface area contributed by atoms with Crippen LogP contribution in [0.2, 0.25) is 0 Å². The lowest BCUT2D eigenvalue weighted by Gasteiger charge is -2.04. The average Bonchev–Trinajstić information content (AvgIpc) is 2.83. The first-order valence-electron chi connectivity index (χ1n) is 6.46. The quantitative estimate of drug-likeness (QED) is 0.784. The van der Waals surface area contributed by atoms with E-state index < -0.39 is 11.8 Å². The molecule has 0 spiro atoms. The van der Waals surface area contributed by atoms with E-state index in [1.165, 1.54) is 22.7 Å². The van der Waals surface area contributed by atoms with Gasteiger partial charge in [-0.05, 0) is 43.2 Å². The molecule has 0 amide bonds. The predicted octanol–water partition coefficient (Wildman–Crippen LogP) is 3.46. The molecule has 1 aromatic carbocycles. The summed E-state index contributed by atoms with van der Waals surface area (Å²) in [5.74, 6) is -1.68. The number of nitrogens with zero attached hydrogens (tertiary/aromatic N) is 2. The van der Waals surface area contributed by atoms with Crippen molar-refractivity contribution in [3.05, 3.63) is 59.2 Å². The van der Waals surface area contributed by atoms with E-state index >= 15 is 0 Å². The molecule has 106 valence electrons. The molecule has 2 heterocycles. The van der Waals surface area contributed by atoms with Crippen molar-refractivity contribution in [3.63, 3.8) is 0 Å². The van der Waals surface area contributed by atoms with Crippen LogP contribution in [0.25, 0.3) is 16.9 Å². The van der Waals surface area contributed by atoms with Crippen molar-refractivity contribution in [1.82, 2.24) is 9.38 Å². The summed E-state index contributed by atoms with van der Waals surface area (Å²) in [6, 6.07) is 8.28. The number of halogens is 1. The molecule has 0 aliphatic heterocycles. The fraction of sp³-hybridized carbons (Fsp3) is 0.125. The predicted molar refractivity (Wildman–Crippen MR) is 77.0 cm³/mol. The number of aromatic nitrogens is 2. The molecule has 0 saturated carbocycles. The summed E-state index contributed by atoms with van der Waals surface area (Å²) in [5.41, 5.74) is 3.05. The molecule has 21 heavy (non-hydrogen) atoms. The van der Waals surface area contributed by atoms with E-state index in [1.54, 1.807) is 6.07 Å². The van der Waals surface area contributed by atoms with Crippen LogP contribution in [0, 0.1) is 19.7 Å². The standard InChI is InChI=1S/C16H13FN2O2/c1-9-5-6-11(8-10(9)2)13-14(16(20)21)19-7-3-4-12(17)15(19)18-13/h3-8H,1-2H3,(H,20,21). The largest absolute Gasteiger partial charge is 0.476 e. The number of hydrogen-bond acceptors (Lipinski definition) is 2. The molecular weight excluding hydrogens is 271 g/mol. The van der Waals surface area contributed by atoms with Gasteiger partial charge in [0.1, 0.15) is 5.69 Å². The molecule has 0 bridgehead atoms. The van der Waals surface area contributed by atoms with Gasteiger partial charge < -0.3 is 5.11 Å². The van der Waals surface area contributed by atoms with Crippen molar-refractivity contribution in [3.8, 4) is 11.3 Å². The van der Waals surface area contributed by atoms with Crippen LogP contribution in [0.5, 0.6) is 0 Å². The summed E-state index contributed by atoms with van der Waals surface area (Å²) < 4.78 is 15.1. The number of carboxylic acids is 1. The number of rotatable bonds is 2. The highest BCUT2D eigenvalue weighted by Crippen LogP contribution is 2.27. The van der Waals surface area contributed by atoms with Gasteiger partial charge in [0.25, 0.3) is 0 Å². The Balaban J connectivity index is 2.36. The number of aryl methyl sites for hydroxylation is 2. The molecule has 2 aromatic heterocycles. The zero-order valence-electron chi connectivity index (χ0n) is 11.6. The second kappa shape index (κ2) is 4.70. The van der Waals surface area contributed by atoms with E-state index in [2.05, 4.69) is 4.98 Å². The van der Waals surface area contributed by atoms with Crippen molar-refractivity contribution < 1.29 is 14.3 Å². The van der Waals surface area contributed by atoms with E-state index in [0.29, 0.717) is 5.56 Å². The second-order valence-corrected chi connectivity index (χ2v) is 4.96. The third-order valence-electron chi connectivity index (χ3n) is 3.59. The molecule has 3 aromatic rings. The SMILES string of the molecule is Cc1ccc(-c2nc3c(F)cccn3c2C(=O)O)cc1C. The Bertz CT molecular complexity index is 868. The lowest BCUT2D eigenvalue weighted by atomic mass is 10.0. The number of pyridine rings is 1. The highest BCUT2D eigenvalue weighted by Gasteiger charge is 2.21. The Morgan fingerprint density at radius 2 is 2.00 bits per heavy atom. The Labute approximate surface area is 120 Å². The van der Waals surface area contributed by atoms with Crippen LogP contribution in [0.1, 0.15) is 21.6 Å². The van der Waals surface area contributed by atoms with Gasteiger partial charge in [0.2, 0.25) is 0 Å². The van der Waals surface area contributed by atoms with Gasteiger partial charge in [0.05, 0.1) is 0 Å². The van der Waals surface area contributed by atoms with Crippen LogP contribution >= 0.6 is 0 Å². The molecule has 5 heteroatoms. The average molecular weight is 284 g/mol. The number of carbonyl (C=O) groups is 1. The molecule has 0 unspecified atom stereocenters. The molecule has 3 rings (SSSR count). The molecular formula is C16H13FN2O2. The molecule has 0 atom stereocenters. The Morgan fingerprint density at radius 1 is 1.24 bits per heavy atom. The maximum absolute atomic E-state index is 13.8.